The summed E-state index contributed by atoms with van der Waals surface area (Å²) in [5, 5.41) is 7.61. The van der Waals surface area contributed by atoms with Crippen molar-refractivity contribution in [3.8, 4) is 44.8 Å². The van der Waals surface area contributed by atoms with Gasteiger partial charge in [-0.2, -0.15) is 0 Å². The minimum atomic E-state index is 1.15. The Morgan fingerprint density at radius 1 is 0.298 bits per heavy atom. The smallest absolute Gasteiger partial charge is 0.0619 e. The number of aromatic nitrogens is 2. The summed E-state index contributed by atoms with van der Waals surface area (Å²) in [6.07, 6.45) is 0. The fourth-order valence-electron chi connectivity index (χ4n) is 9.26. The van der Waals surface area contributed by atoms with Crippen LogP contribution in [0.1, 0.15) is 0 Å². The largest absolute Gasteiger partial charge is 0.309 e. The lowest BCUT2D eigenvalue weighted by molar-refractivity contribution is 1.18. The highest BCUT2D eigenvalue weighted by Gasteiger charge is 2.21. The van der Waals surface area contributed by atoms with E-state index in [9.17, 15) is 0 Å². The second-order valence-corrected chi connectivity index (χ2v) is 15.9. The van der Waals surface area contributed by atoms with Crippen molar-refractivity contribution in [1.29, 1.82) is 0 Å². The highest BCUT2D eigenvalue weighted by Crippen LogP contribution is 2.46. The highest BCUT2D eigenvalue weighted by molar-refractivity contribution is 7.26. The molecule has 0 fully saturated rings. The minimum Gasteiger partial charge on any atom is -0.309 e. The number of hydrogen-bond acceptors (Lipinski definition) is 1. The molecule has 0 saturated carbocycles. The fraction of sp³-hybridized carbons (Fsp3) is 0. The number of para-hydroxylation sites is 6. The van der Waals surface area contributed by atoms with Crippen molar-refractivity contribution >= 4 is 75.1 Å². The van der Waals surface area contributed by atoms with Gasteiger partial charge in [0.25, 0.3) is 0 Å². The molecule has 12 rings (SSSR count). The Bertz CT molecular complexity index is 3340. The number of thiophene rings is 1. The van der Waals surface area contributed by atoms with Crippen LogP contribution in [0.4, 0.5) is 0 Å². The molecular formula is C54H34N2S. The Labute approximate surface area is 333 Å². The molecule has 0 N–H and O–H groups in total. The summed E-state index contributed by atoms with van der Waals surface area (Å²) >= 11 is 1.89. The number of nitrogens with zero attached hydrogens (tertiary/aromatic N) is 2. The molecule has 0 atom stereocenters. The van der Waals surface area contributed by atoms with E-state index < -0.39 is 0 Å². The quantitative estimate of drug-likeness (QED) is 0.166. The van der Waals surface area contributed by atoms with Crippen molar-refractivity contribution in [2.24, 2.45) is 0 Å². The van der Waals surface area contributed by atoms with E-state index in [0.29, 0.717) is 0 Å². The SMILES string of the molecule is c1ccc(-n2c3ccccc3c3cccc(-c4cc(-c5cccc6c5sc5ccccc56)cc(-c5cccc6c7ccccc7n(-c7ccccc7)c56)c4)c32)cc1. The van der Waals surface area contributed by atoms with Crippen molar-refractivity contribution in [2.75, 3.05) is 0 Å². The van der Waals surface area contributed by atoms with Crippen LogP contribution >= 0.6 is 11.3 Å². The van der Waals surface area contributed by atoms with E-state index >= 15 is 0 Å². The first-order valence-corrected chi connectivity index (χ1v) is 20.3. The van der Waals surface area contributed by atoms with Crippen LogP contribution in [-0.4, -0.2) is 9.13 Å². The molecular weight excluding hydrogens is 709 g/mol. The zero-order valence-corrected chi connectivity index (χ0v) is 31.7. The molecule has 9 aromatic carbocycles. The molecule has 0 unspecified atom stereocenters. The second kappa shape index (κ2) is 12.7. The van der Waals surface area contributed by atoms with Gasteiger partial charge < -0.3 is 9.13 Å². The molecule has 0 radical (unpaired) electrons. The summed E-state index contributed by atoms with van der Waals surface area (Å²) in [7, 11) is 0. The first-order valence-electron chi connectivity index (χ1n) is 19.5. The van der Waals surface area contributed by atoms with Gasteiger partial charge >= 0.3 is 0 Å². The van der Waals surface area contributed by atoms with Gasteiger partial charge in [-0.3, -0.25) is 0 Å². The maximum absolute atomic E-state index is 2.45. The highest BCUT2D eigenvalue weighted by atomic mass is 32.1. The number of benzene rings is 9. The van der Waals surface area contributed by atoms with Crippen LogP contribution in [0.25, 0.3) is 109 Å². The number of fused-ring (bicyclic) bond motifs is 9. The van der Waals surface area contributed by atoms with E-state index in [0.717, 1.165) is 11.4 Å². The van der Waals surface area contributed by atoms with Crippen LogP contribution in [0.15, 0.2) is 206 Å². The second-order valence-electron chi connectivity index (χ2n) is 14.9. The van der Waals surface area contributed by atoms with E-state index in [4.69, 9.17) is 0 Å². The van der Waals surface area contributed by atoms with Crippen LogP contribution in [0.3, 0.4) is 0 Å². The Balaban J connectivity index is 1.21. The zero-order chi connectivity index (χ0) is 37.5. The van der Waals surface area contributed by atoms with E-state index in [-0.39, 0.29) is 0 Å². The molecule has 3 aromatic heterocycles. The monoisotopic (exact) mass is 742 g/mol. The Morgan fingerprint density at radius 2 is 0.702 bits per heavy atom. The third-order valence-electron chi connectivity index (χ3n) is 11.7. The average Bonchev–Trinajstić information content (AvgIpc) is 3.95. The average molecular weight is 743 g/mol. The van der Waals surface area contributed by atoms with Gasteiger partial charge in [-0.15, -0.1) is 11.3 Å². The van der Waals surface area contributed by atoms with Gasteiger partial charge in [-0.1, -0.05) is 146 Å². The summed E-state index contributed by atoms with van der Waals surface area (Å²) < 4.78 is 7.53. The van der Waals surface area contributed by atoms with Gasteiger partial charge in [0, 0.05) is 64.2 Å². The van der Waals surface area contributed by atoms with Gasteiger partial charge in [-0.25, -0.2) is 0 Å². The third kappa shape index (κ3) is 4.89. The van der Waals surface area contributed by atoms with Crippen LogP contribution in [-0.2, 0) is 0 Å². The molecule has 266 valence electrons. The lowest BCUT2D eigenvalue weighted by Crippen LogP contribution is -1.97. The predicted octanol–water partition coefficient (Wildman–Crippen LogP) is 15.2. The van der Waals surface area contributed by atoms with Gasteiger partial charge in [-0.05, 0) is 82.9 Å². The van der Waals surface area contributed by atoms with Gasteiger partial charge in [0.2, 0.25) is 0 Å². The molecule has 0 aliphatic rings. The summed E-state index contributed by atoms with van der Waals surface area (Å²) in [6.45, 7) is 0. The minimum absolute atomic E-state index is 1.15. The summed E-state index contributed by atoms with van der Waals surface area (Å²) in [4.78, 5) is 0. The lowest BCUT2D eigenvalue weighted by Gasteiger charge is -2.16. The lowest BCUT2D eigenvalue weighted by atomic mass is 9.91. The molecule has 12 aromatic rings. The predicted molar refractivity (Wildman–Crippen MR) is 244 cm³/mol. The van der Waals surface area contributed by atoms with Crippen molar-refractivity contribution in [3.63, 3.8) is 0 Å². The maximum atomic E-state index is 2.45. The molecule has 0 spiro atoms. The topological polar surface area (TPSA) is 9.86 Å². The zero-order valence-electron chi connectivity index (χ0n) is 30.9. The van der Waals surface area contributed by atoms with Crippen LogP contribution in [0.2, 0.25) is 0 Å². The normalized spacial score (nSPS) is 11.9. The first kappa shape index (κ1) is 32.1. The molecule has 0 aliphatic carbocycles. The maximum Gasteiger partial charge on any atom is 0.0619 e. The van der Waals surface area contributed by atoms with Crippen LogP contribution in [0.5, 0.6) is 0 Å². The van der Waals surface area contributed by atoms with Crippen molar-refractivity contribution in [2.45, 2.75) is 0 Å². The van der Waals surface area contributed by atoms with Crippen molar-refractivity contribution < 1.29 is 0 Å². The Hall–Kier alpha value is -7.20. The van der Waals surface area contributed by atoms with E-state index in [1.165, 1.54) is 97.2 Å². The molecule has 3 heterocycles. The van der Waals surface area contributed by atoms with Gasteiger partial charge in [0.05, 0.1) is 22.1 Å². The van der Waals surface area contributed by atoms with Crippen molar-refractivity contribution in [1.82, 2.24) is 9.13 Å². The van der Waals surface area contributed by atoms with Gasteiger partial charge in [0.1, 0.15) is 0 Å². The van der Waals surface area contributed by atoms with Crippen molar-refractivity contribution in [3.05, 3.63) is 206 Å². The molecule has 0 bridgehead atoms. The molecule has 0 saturated heterocycles. The Morgan fingerprint density at radius 3 is 1.25 bits per heavy atom. The fourth-order valence-corrected chi connectivity index (χ4v) is 10.5. The van der Waals surface area contributed by atoms with E-state index in [1.54, 1.807) is 0 Å². The summed E-state index contributed by atoms with van der Waals surface area (Å²) in [6, 6.07) is 75.8. The standard InChI is InChI=1S/C54H34N2S/c1-3-16-38(17-4-1)55-49-29-10-7-20-43(49)46-26-13-23-40(52(46)55)35-32-36(34-37(33-35)42-25-15-28-48-45-22-9-12-31-51(45)57-54(42)48)41-24-14-27-47-44-21-8-11-30-50(44)56(53(41)47)39-18-5-2-6-19-39/h1-34H. The first-order chi connectivity index (χ1) is 28.3. The molecule has 57 heavy (non-hydrogen) atoms. The molecule has 2 nitrogen and oxygen atoms in total. The number of hydrogen-bond donors (Lipinski definition) is 0. The molecule has 0 aliphatic heterocycles. The van der Waals surface area contributed by atoms with E-state index in [2.05, 4.69) is 215 Å². The van der Waals surface area contributed by atoms with E-state index in [1.807, 2.05) is 11.3 Å². The number of rotatable bonds is 5. The van der Waals surface area contributed by atoms with Crippen LogP contribution in [0, 0.1) is 0 Å². The third-order valence-corrected chi connectivity index (χ3v) is 12.9. The molecule has 0 amide bonds. The summed E-state index contributed by atoms with van der Waals surface area (Å²) in [5.74, 6) is 0. The molecule has 3 heteroatoms. The van der Waals surface area contributed by atoms with Gasteiger partial charge in [0.15, 0.2) is 0 Å². The summed E-state index contributed by atoms with van der Waals surface area (Å²) in [5.41, 5.74) is 14.4. The Kier molecular flexibility index (Phi) is 7.13. The van der Waals surface area contributed by atoms with Crippen LogP contribution < -0.4 is 0 Å².